The zero-order valence-electron chi connectivity index (χ0n) is 8.39. The van der Waals surface area contributed by atoms with Crippen LogP contribution < -0.4 is 4.72 Å². The van der Waals surface area contributed by atoms with Crippen LogP contribution in [0.3, 0.4) is 0 Å². The van der Waals surface area contributed by atoms with E-state index in [1.54, 1.807) is 0 Å². The van der Waals surface area contributed by atoms with E-state index in [2.05, 4.69) is 30.6 Å². The topological polar surface area (TPSA) is 72.0 Å². The predicted octanol–water partition coefficient (Wildman–Crippen LogP) is 3.41. The number of rotatable bonds is 3. The van der Waals surface area contributed by atoms with Gasteiger partial charge in [0.25, 0.3) is 10.0 Å². The summed E-state index contributed by atoms with van der Waals surface area (Å²) in [5.74, 6) is 0.0932. The fraction of sp³-hybridized carbons (Fsp3) is 0. The molecule has 1 N–H and O–H groups in total. The quantitative estimate of drug-likeness (QED) is 0.817. The highest BCUT2D eigenvalue weighted by Crippen LogP contribution is 2.35. The second-order valence-electron chi connectivity index (χ2n) is 3.02. The van der Waals surface area contributed by atoms with Gasteiger partial charge in [-0.3, -0.25) is 4.72 Å². The van der Waals surface area contributed by atoms with Crippen molar-refractivity contribution in [3.8, 4) is 0 Å². The Morgan fingerprint density at radius 3 is 2.56 bits per heavy atom. The van der Waals surface area contributed by atoms with Gasteiger partial charge in [-0.05, 0) is 22.0 Å². The number of nitrogens with zero attached hydrogens (tertiary/aromatic N) is 2. The normalized spacial score (nSPS) is 11.5. The first-order chi connectivity index (χ1) is 8.38. The van der Waals surface area contributed by atoms with Crippen molar-refractivity contribution in [2.75, 3.05) is 4.72 Å². The third kappa shape index (κ3) is 3.12. The molecule has 0 aliphatic rings. The standard InChI is InChI=1S/C8H4BrCl2N3O2S2/c9-8-4(10)1-7(17-8)18(15,16)14-6-2-5(11)12-3-13-6/h1-3H,(H,12,13,14). The number of sulfonamides is 1. The van der Waals surface area contributed by atoms with Crippen LogP contribution in [0.2, 0.25) is 10.2 Å². The summed E-state index contributed by atoms with van der Waals surface area (Å²) >= 11 is 15.6. The molecule has 0 fully saturated rings. The van der Waals surface area contributed by atoms with E-state index >= 15 is 0 Å². The number of hydrogen-bond acceptors (Lipinski definition) is 5. The lowest BCUT2D eigenvalue weighted by molar-refractivity contribution is 0.603. The predicted molar refractivity (Wildman–Crippen MR) is 74.9 cm³/mol. The van der Waals surface area contributed by atoms with Crippen molar-refractivity contribution in [3.63, 3.8) is 0 Å². The van der Waals surface area contributed by atoms with Crippen molar-refractivity contribution in [1.82, 2.24) is 9.97 Å². The van der Waals surface area contributed by atoms with Gasteiger partial charge in [-0.25, -0.2) is 18.4 Å². The summed E-state index contributed by atoms with van der Waals surface area (Å²) in [5, 5.41) is 0.481. The molecule has 5 nitrogen and oxygen atoms in total. The highest BCUT2D eigenvalue weighted by Gasteiger charge is 2.19. The first-order valence-electron chi connectivity index (χ1n) is 4.34. The molecule has 0 saturated heterocycles. The molecule has 2 rings (SSSR count). The van der Waals surface area contributed by atoms with Gasteiger partial charge in [0.1, 0.15) is 21.5 Å². The maximum absolute atomic E-state index is 12.0. The van der Waals surface area contributed by atoms with Crippen LogP contribution >= 0.6 is 50.5 Å². The minimum absolute atomic E-state index is 0.0779. The highest BCUT2D eigenvalue weighted by atomic mass is 79.9. The minimum Gasteiger partial charge on any atom is -0.263 e. The fourth-order valence-corrected chi connectivity index (χ4v) is 4.58. The lowest BCUT2D eigenvalue weighted by atomic mass is 10.6. The van der Waals surface area contributed by atoms with Gasteiger partial charge in [-0.2, -0.15) is 0 Å². The van der Waals surface area contributed by atoms with E-state index in [1.807, 2.05) is 0 Å². The average molecular weight is 389 g/mol. The Hall–Kier alpha value is -0.410. The number of thiophene rings is 1. The van der Waals surface area contributed by atoms with E-state index in [1.165, 1.54) is 12.1 Å². The summed E-state index contributed by atoms with van der Waals surface area (Å²) in [5.41, 5.74) is 0. The van der Waals surface area contributed by atoms with E-state index in [0.717, 1.165) is 17.7 Å². The van der Waals surface area contributed by atoms with E-state index in [9.17, 15) is 8.42 Å². The van der Waals surface area contributed by atoms with Gasteiger partial charge in [0.05, 0.1) is 8.81 Å². The van der Waals surface area contributed by atoms with Crippen molar-refractivity contribution in [2.24, 2.45) is 0 Å². The summed E-state index contributed by atoms with van der Waals surface area (Å²) in [4.78, 5) is 7.41. The third-order valence-electron chi connectivity index (χ3n) is 1.76. The van der Waals surface area contributed by atoms with Crippen LogP contribution in [0.15, 0.2) is 26.5 Å². The molecule has 2 aromatic rings. The first-order valence-corrected chi connectivity index (χ1v) is 8.18. The summed E-state index contributed by atoms with van der Waals surface area (Å²) in [6, 6.07) is 2.66. The molecule has 0 amide bonds. The Morgan fingerprint density at radius 2 is 2.00 bits per heavy atom. The maximum atomic E-state index is 12.0. The van der Waals surface area contributed by atoms with Crippen LogP contribution in [0.1, 0.15) is 0 Å². The largest absolute Gasteiger partial charge is 0.272 e. The average Bonchev–Trinajstić information content (AvgIpc) is 2.59. The molecule has 2 heterocycles. The smallest absolute Gasteiger partial charge is 0.263 e. The molecule has 18 heavy (non-hydrogen) atoms. The molecule has 10 heteroatoms. The molecule has 0 aliphatic carbocycles. The van der Waals surface area contributed by atoms with Gasteiger partial charge in [0.2, 0.25) is 0 Å². The van der Waals surface area contributed by atoms with Gasteiger partial charge in [-0.1, -0.05) is 23.2 Å². The highest BCUT2D eigenvalue weighted by molar-refractivity contribution is 9.11. The Labute approximate surface area is 125 Å². The molecule has 0 spiro atoms. The Bertz CT molecular complexity index is 670. The molecule has 0 aromatic carbocycles. The Morgan fingerprint density at radius 1 is 1.28 bits per heavy atom. The van der Waals surface area contributed by atoms with Crippen LogP contribution in [0.25, 0.3) is 0 Å². The van der Waals surface area contributed by atoms with Crippen molar-refractivity contribution < 1.29 is 8.42 Å². The van der Waals surface area contributed by atoms with Gasteiger partial charge < -0.3 is 0 Å². The SMILES string of the molecule is O=S(=O)(Nc1cc(Cl)ncn1)c1cc(Cl)c(Br)s1. The van der Waals surface area contributed by atoms with Crippen molar-refractivity contribution >= 4 is 66.3 Å². The maximum Gasteiger partial charge on any atom is 0.272 e. The Kier molecular flexibility index (Phi) is 4.12. The lowest BCUT2D eigenvalue weighted by Crippen LogP contribution is -2.12. The number of aromatic nitrogens is 2. The molecule has 0 bridgehead atoms. The molecule has 2 aromatic heterocycles. The molecular formula is C8H4BrCl2N3O2S2. The molecule has 96 valence electrons. The van der Waals surface area contributed by atoms with Crippen LogP contribution in [0.5, 0.6) is 0 Å². The van der Waals surface area contributed by atoms with Crippen molar-refractivity contribution in [1.29, 1.82) is 0 Å². The van der Waals surface area contributed by atoms with Crippen LogP contribution in [-0.2, 0) is 10.0 Å². The molecule has 0 unspecified atom stereocenters. The second kappa shape index (κ2) is 5.30. The number of anilines is 1. The summed E-state index contributed by atoms with van der Waals surface area (Å²) < 4.78 is 26.9. The second-order valence-corrected chi connectivity index (χ2v) is 8.09. The molecule has 0 saturated carbocycles. The molecule has 0 atom stereocenters. The van der Waals surface area contributed by atoms with Crippen LogP contribution in [0.4, 0.5) is 5.82 Å². The zero-order chi connectivity index (χ0) is 13.3. The summed E-state index contributed by atoms with van der Waals surface area (Å²) in [6.45, 7) is 0. The number of hydrogen-bond donors (Lipinski definition) is 1. The van der Waals surface area contributed by atoms with Crippen LogP contribution in [-0.4, -0.2) is 18.4 Å². The Balaban J connectivity index is 2.33. The monoisotopic (exact) mass is 387 g/mol. The molecular weight excluding hydrogens is 385 g/mol. The van der Waals surface area contributed by atoms with Gasteiger partial charge in [0, 0.05) is 6.07 Å². The molecule has 0 radical (unpaired) electrons. The summed E-state index contributed by atoms with van der Waals surface area (Å²) in [6.07, 6.45) is 1.16. The number of halogens is 3. The third-order valence-corrected chi connectivity index (χ3v) is 6.27. The van der Waals surface area contributed by atoms with E-state index in [4.69, 9.17) is 23.2 Å². The van der Waals surface area contributed by atoms with E-state index < -0.39 is 10.0 Å². The number of nitrogens with one attached hydrogen (secondary N) is 1. The van der Waals surface area contributed by atoms with Crippen molar-refractivity contribution in [3.05, 3.63) is 32.4 Å². The van der Waals surface area contributed by atoms with Gasteiger partial charge in [-0.15, -0.1) is 11.3 Å². The molecule has 0 aliphatic heterocycles. The van der Waals surface area contributed by atoms with Crippen LogP contribution in [0, 0.1) is 0 Å². The zero-order valence-corrected chi connectivity index (χ0v) is 13.1. The first kappa shape index (κ1) is 14.0. The fourth-order valence-electron chi connectivity index (χ4n) is 1.04. The van der Waals surface area contributed by atoms with E-state index in [-0.39, 0.29) is 15.2 Å². The van der Waals surface area contributed by atoms with Gasteiger partial charge >= 0.3 is 0 Å². The van der Waals surface area contributed by atoms with E-state index in [0.29, 0.717) is 8.81 Å². The van der Waals surface area contributed by atoms with Crippen molar-refractivity contribution in [2.45, 2.75) is 4.21 Å². The minimum atomic E-state index is -3.73. The summed E-state index contributed by atoms with van der Waals surface area (Å²) in [7, 11) is -3.73. The van der Waals surface area contributed by atoms with Gasteiger partial charge in [0.15, 0.2) is 0 Å². The lowest BCUT2D eigenvalue weighted by Gasteiger charge is -2.04.